The molecule has 0 atom stereocenters. The molecular formula is C27H37N3O2. The van der Waals surface area contributed by atoms with E-state index in [1.807, 2.05) is 23.7 Å². The lowest BCUT2D eigenvalue weighted by Gasteiger charge is -2.57. The molecule has 0 unspecified atom stereocenters. The molecule has 1 aromatic heterocycles. The lowest BCUT2D eigenvalue weighted by Crippen LogP contribution is -2.60. The Morgan fingerprint density at radius 1 is 0.656 bits per heavy atom. The van der Waals surface area contributed by atoms with Gasteiger partial charge in [-0.25, -0.2) is 0 Å². The number of amides is 2. The largest absolute Gasteiger partial charge is 0.345 e. The zero-order valence-electron chi connectivity index (χ0n) is 19.4. The summed E-state index contributed by atoms with van der Waals surface area (Å²) in [5, 5.41) is 6.94. The molecule has 0 spiro atoms. The van der Waals surface area contributed by atoms with Gasteiger partial charge >= 0.3 is 0 Å². The van der Waals surface area contributed by atoms with Gasteiger partial charge in [0.1, 0.15) is 11.4 Å². The second kappa shape index (κ2) is 6.64. The molecular weight excluding hydrogens is 398 g/mol. The average molecular weight is 436 g/mol. The van der Waals surface area contributed by atoms with Crippen molar-refractivity contribution in [3.63, 3.8) is 0 Å². The minimum atomic E-state index is -0.00226. The Morgan fingerprint density at radius 3 is 1.22 bits per heavy atom. The van der Waals surface area contributed by atoms with Gasteiger partial charge in [0.25, 0.3) is 11.8 Å². The van der Waals surface area contributed by atoms with Crippen LogP contribution in [0.25, 0.3) is 0 Å². The minimum Gasteiger partial charge on any atom is -0.345 e. The molecule has 0 saturated heterocycles. The molecule has 2 amide bonds. The zero-order valence-corrected chi connectivity index (χ0v) is 19.4. The van der Waals surface area contributed by atoms with E-state index in [0.717, 1.165) is 74.0 Å². The molecule has 1 aromatic rings. The lowest BCUT2D eigenvalue weighted by atomic mass is 9.53. The third-order valence-electron chi connectivity index (χ3n) is 10.4. The maximum Gasteiger partial charge on any atom is 0.268 e. The van der Waals surface area contributed by atoms with E-state index in [0.29, 0.717) is 11.4 Å². The molecule has 172 valence electrons. The number of rotatable bonds is 4. The van der Waals surface area contributed by atoms with Crippen molar-refractivity contribution in [3.8, 4) is 0 Å². The molecule has 2 N–H and O–H groups in total. The van der Waals surface area contributed by atoms with Gasteiger partial charge in [0.15, 0.2) is 0 Å². The fraction of sp³-hybridized carbons (Fsp3) is 0.778. The summed E-state index contributed by atoms with van der Waals surface area (Å²) >= 11 is 0. The van der Waals surface area contributed by atoms with Crippen molar-refractivity contribution in [2.75, 3.05) is 0 Å². The first-order valence-corrected chi connectivity index (χ1v) is 13.2. The van der Waals surface area contributed by atoms with Crippen LogP contribution in [0.4, 0.5) is 0 Å². The molecule has 0 radical (unpaired) electrons. The Balaban J connectivity index is 1.08. The maximum atomic E-state index is 13.3. The second-order valence-electron chi connectivity index (χ2n) is 13.0. The van der Waals surface area contributed by atoms with Crippen molar-refractivity contribution in [2.24, 2.45) is 42.6 Å². The van der Waals surface area contributed by atoms with Crippen LogP contribution in [0.5, 0.6) is 0 Å². The van der Waals surface area contributed by atoms with E-state index in [2.05, 4.69) is 10.6 Å². The summed E-state index contributed by atoms with van der Waals surface area (Å²) in [5.41, 5.74) is 1.24. The topological polar surface area (TPSA) is 63.1 Å². The Bertz CT molecular complexity index is 829. The standard InChI is InChI=1S/C27H37N3O2/c1-30-22(24(31)28-26-10-16-4-17(11-26)6-18(5-16)12-26)2-3-23(30)25(32)29-27-13-19-7-20(14-27)9-21(8-19)15-27/h2-3,16-21H,4-15H2,1H3,(H,28,31)(H,29,32). The van der Waals surface area contributed by atoms with Crippen molar-refractivity contribution in [2.45, 2.75) is 88.1 Å². The minimum absolute atomic E-state index is 0.00226. The first-order valence-electron chi connectivity index (χ1n) is 13.2. The first-order chi connectivity index (χ1) is 15.4. The zero-order chi connectivity index (χ0) is 21.7. The number of nitrogens with zero attached hydrogens (tertiary/aromatic N) is 1. The molecule has 8 aliphatic carbocycles. The van der Waals surface area contributed by atoms with Gasteiger partial charge in [-0.2, -0.15) is 0 Å². The van der Waals surface area contributed by atoms with Crippen LogP contribution in [0.2, 0.25) is 0 Å². The Morgan fingerprint density at radius 2 is 0.938 bits per heavy atom. The van der Waals surface area contributed by atoms with Crippen LogP contribution in [0.1, 0.15) is 98.0 Å². The molecule has 9 rings (SSSR count). The highest BCUT2D eigenvalue weighted by Gasteiger charge is 2.53. The predicted octanol–water partition coefficient (Wildman–Crippen LogP) is 4.42. The van der Waals surface area contributed by atoms with Crippen LogP contribution in [0.3, 0.4) is 0 Å². The quantitative estimate of drug-likeness (QED) is 0.735. The number of nitrogens with one attached hydrogen (secondary N) is 2. The molecule has 5 nitrogen and oxygen atoms in total. The molecule has 1 heterocycles. The Labute approximate surface area is 191 Å². The van der Waals surface area contributed by atoms with E-state index < -0.39 is 0 Å². The van der Waals surface area contributed by atoms with Crippen LogP contribution < -0.4 is 10.6 Å². The van der Waals surface area contributed by atoms with Crippen LogP contribution in [0, 0.1) is 35.5 Å². The van der Waals surface area contributed by atoms with E-state index in [-0.39, 0.29) is 22.9 Å². The normalized spacial score (nSPS) is 45.3. The third-order valence-corrected chi connectivity index (χ3v) is 10.4. The van der Waals surface area contributed by atoms with Gasteiger partial charge in [0, 0.05) is 18.1 Å². The van der Waals surface area contributed by atoms with E-state index in [1.165, 1.54) is 38.5 Å². The first kappa shape index (κ1) is 19.7. The van der Waals surface area contributed by atoms with Gasteiger partial charge in [-0.15, -0.1) is 0 Å². The molecule has 8 saturated carbocycles. The van der Waals surface area contributed by atoms with Crippen molar-refractivity contribution in [1.29, 1.82) is 0 Å². The summed E-state index contributed by atoms with van der Waals surface area (Å²) in [6.07, 6.45) is 15.1. The Hall–Kier alpha value is -1.78. The number of carbonyl (C=O) groups is 2. The van der Waals surface area contributed by atoms with Gasteiger partial charge in [-0.05, 0) is 125 Å². The van der Waals surface area contributed by atoms with Crippen LogP contribution >= 0.6 is 0 Å². The molecule has 8 bridgehead atoms. The van der Waals surface area contributed by atoms with E-state index >= 15 is 0 Å². The van der Waals surface area contributed by atoms with Gasteiger partial charge < -0.3 is 15.2 Å². The molecule has 0 aromatic carbocycles. The average Bonchev–Trinajstić information content (AvgIpc) is 3.06. The molecule has 8 aliphatic rings. The third kappa shape index (κ3) is 3.02. The summed E-state index contributed by atoms with van der Waals surface area (Å²) < 4.78 is 1.83. The highest BCUT2D eigenvalue weighted by molar-refractivity contribution is 5.98. The highest BCUT2D eigenvalue weighted by atomic mass is 16.2. The molecule has 8 fully saturated rings. The van der Waals surface area contributed by atoms with E-state index in [9.17, 15) is 9.59 Å². The molecule has 0 aliphatic heterocycles. The summed E-state index contributed by atoms with van der Waals surface area (Å²) in [7, 11) is 1.88. The van der Waals surface area contributed by atoms with Crippen LogP contribution in [0.15, 0.2) is 12.1 Å². The fourth-order valence-electron chi connectivity index (χ4n) is 10.1. The summed E-state index contributed by atoms with van der Waals surface area (Å²) in [5.74, 6) is 4.82. The summed E-state index contributed by atoms with van der Waals surface area (Å²) in [4.78, 5) is 26.7. The monoisotopic (exact) mass is 435 g/mol. The number of aromatic nitrogens is 1. The van der Waals surface area contributed by atoms with Gasteiger partial charge in [-0.1, -0.05) is 0 Å². The van der Waals surface area contributed by atoms with E-state index in [1.54, 1.807) is 0 Å². The smallest absolute Gasteiger partial charge is 0.268 e. The Kier molecular flexibility index (Phi) is 4.08. The molecule has 5 heteroatoms. The van der Waals surface area contributed by atoms with Crippen LogP contribution in [-0.2, 0) is 7.05 Å². The van der Waals surface area contributed by atoms with Crippen LogP contribution in [-0.4, -0.2) is 27.5 Å². The fourth-order valence-corrected chi connectivity index (χ4v) is 10.1. The number of hydrogen-bond donors (Lipinski definition) is 2. The van der Waals surface area contributed by atoms with Gasteiger partial charge in [-0.3, -0.25) is 9.59 Å². The van der Waals surface area contributed by atoms with E-state index in [4.69, 9.17) is 0 Å². The summed E-state index contributed by atoms with van der Waals surface area (Å²) in [6.45, 7) is 0. The maximum absolute atomic E-state index is 13.3. The summed E-state index contributed by atoms with van der Waals surface area (Å²) in [6, 6.07) is 3.70. The highest BCUT2D eigenvalue weighted by Crippen LogP contribution is 2.56. The van der Waals surface area contributed by atoms with Crippen molar-refractivity contribution in [1.82, 2.24) is 15.2 Å². The SMILES string of the molecule is Cn1c(C(=O)NC23CC4CC(CC(C4)C2)C3)ccc1C(=O)NC12CC3CC(CC(C3)C1)C2. The van der Waals surface area contributed by atoms with Gasteiger partial charge in [0.05, 0.1) is 0 Å². The number of carbonyl (C=O) groups excluding carboxylic acids is 2. The lowest BCUT2D eigenvalue weighted by molar-refractivity contribution is -0.0170. The van der Waals surface area contributed by atoms with Crippen molar-refractivity contribution < 1.29 is 9.59 Å². The predicted molar refractivity (Wildman–Crippen MR) is 122 cm³/mol. The van der Waals surface area contributed by atoms with Crippen molar-refractivity contribution >= 4 is 11.8 Å². The van der Waals surface area contributed by atoms with Crippen molar-refractivity contribution in [3.05, 3.63) is 23.5 Å². The molecule has 32 heavy (non-hydrogen) atoms. The second-order valence-corrected chi connectivity index (χ2v) is 13.0. The van der Waals surface area contributed by atoms with Gasteiger partial charge in [0.2, 0.25) is 0 Å². The number of hydrogen-bond acceptors (Lipinski definition) is 2.